The first-order valence-corrected chi connectivity index (χ1v) is 9.13. The zero-order valence-corrected chi connectivity index (χ0v) is 16.1. The molecule has 0 saturated carbocycles. The first kappa shape index (κ1) is 19.3. The van der Waals surface area contributed by atoms with Gasteiger partial charge in [-0.05, 0) is 67.6 Å². The Morgan fingerprint density at radius 2 is 1.43 bits per heavy atom. The summed E-state index contributed by atoms with van der Waals surface area (Å²) in [6.45, 7) is 3.20. The van der Waals surface area contributed by atoms with E-state index >= 15 is 0 Å². The minimum atomic E-state index is -0.117. The van der Waals surface area contributed by atoms with Crippen LogP contribution >= 0.6 is 0 Å². The van der Waals surface area contributed by atoms with E-state index in [0.29, 0.717) is 18.7 Å². The van der Waals surface area contributed by atoms with Gasteiger partial charge in [-0.15, -0.1) is 0 Å². The summed E-state index contributed by atoms with van der Waals surface area (Å²) in [7, 11) is 1.64. The van der Waals surface area contributed by atoms with E-state index in [4.69, 9.17) is 9.47 Å². The lowest BCUT2D eigenvalue weighted by molar-refractivity contribution is 0.102. The molecule has 144 valence electrons. The summed E-state index contributed by atoms with van der Waals surface area (Å²) >= 11 is 0. The maximum absolute atomic E-state index is 12.2. The zero-order chi connectivity index (χ0) is 19.8. The third-order valence-corrected chi connectivity index (χ3v) is 4.22. The van der Waals surface area contributed by atoms with Crippen molar-refractivity contribution in [1.82, 2.24) is 0 Å². The fraction of sp³-hybridized carbons (Fsp3) is 0.174. The minimum Gasteiger partial charge on any atom is -0.497 e. The normalized spacial score (nSPS) is 10.2. The van der Waals surface area contributed by atoms with Gasteiger partial charge in [0.25, 0.3) is 5.91 Å². The number of anilines is 2. The number of methoxy groups -OCH3 is 1. The van der Waals surface area contributed by atoms with Crippen molar-refractivity contribution in [2.45, 2.75) is 6.92 Å². The van der Waals surface area contributed by atoms with Crippen LogP contribution in [0.5, 0.6) is 11.5 Å². The second-order valence-electron chi connectivity index (χ2n) is 6.35. The molecular weight excluding hydrogens is 352 g/mol. The first-order chi connectivity index (χ1) is 13.6. The fourth-order valence-electron chi connectivity index (χ4n) is 2.62. The Hall–Kier alpha value is -3.47. The number of rotatable bonds is 8. The molecule has 0 radical (unpaired) electrons. The predicted molar refractivity (Wildman–Crippen MR) is 113 cm³/mol. The van der Waals surface area contributed by atoms with Gasteiger partial charge in [-0.25, -0.2) is 0 Å². The van der Waals surface area contributed by atoms with Crippen molar-refractivity contribution in [1.29, 1.82) is 0 Å². The third-order valence-electron chi connectivity index (χ3n) is 4.22. The maximum atomic E-state index is 12.2. The Kier molecular flexibility index (Phi) is 6.52. The summed E-state index contributed by atoms with van der Waals surface area (Å²) in [5.74, 6) is 1.49. The zero-order valence-electron chi connectivity index (χ0n) is 16.1. The predicted octanol–water partition coefficient (Wildman–Crippen LogP) is 4.75. The van der Waals surface area contributed by atoms with Crippen LogP contribution < -0.4 is 20.1 Å². The highest BCUT2D eigenvalue weighted by atomic mass is 16.5. The molecule has 0 unspecified atom stereocenters. The summed E-state index contributed by atoms with van der Waals surface area (Å²) < 4.78 is 10.8. The third kappa shape index (κ3) is 5.51. The van der Waals surface area contributed by atoms with Crippen LogP contribution in [0.1, 0.15) is 15.9 Å². The largest absolute Gasteiger partial charge is 0.497 e. The number of ether oxygens (including phenoxy) is 2. The quantitative estimate of drug-likeness (QED) is 0.557. The fourth-order valence-corrected chi connectivity index (χ4v) is 2.62. The van der Waals surface area contributed by atoms with Crippen LogP contribution in [0, 0.1) is 6.92 Å². The molecule has 0 bridgehead atoms. The summed E-state index contributed by atoms with van der Waals surface area (Å²) in [5, 5.41) is 6.19. The van der Waals surface area contributed by atoms with Gasteiger partial charge >= 0.3 is 0 Å². The van der Waals surface area contributed by atoms with E-state index in [1.165, 1.54) is 0 Å². The average molecular weight is 376 g/mol. The molecule has 0 aliphatic rings. The van der Waals surface area contributed by atoms with E-state index in [2.05, 4.69) is 10.6 Å². The van der Waals surface area contributed by atoms with Gasteiger partial charge in [0.1, 0.15) is 18.1 Å². The second-order valence-corrected chi connectivity index (χ2v) is 6.35. The van der Waals surface area contributed by atoms with E-state index < -0.39 is 0 Å². The molecule has 3 aromatic carbocycles. The number of hydrogen-bond donors (Lipinski definition) is 2. The molecular formula is C23H24N2O3. The van der Waals surface area contributed by atoms with Crippen LogP contribution in [0.2, 0.25) is 0 Å². The molecule has 0 fully saturated rings. The Morgan fingerprint density at radius 1 is 0.821 bits per heavy atom. The van der Waals surface area contributed by atoms with Gasteiger partial charge in [0, 0.05) is 23.5 Å². The number of amides is 1. The molecule has 0 aliphatic heterocycles. The van der Waals surface area contributed by atoms with Gasteiger partial charge in [-0.2, -0.15) is 0 Å². The molecule has 0 aromatic heterocycles. The molecule has 3 rings (SSSR count). The van der Waals surface area contributed by atoms with Crippen LogP contribution in [0.3, 0.4) is 0 Å². The van der Waals surface area contributed by atoms with Crippen LogP contribution in [0.25, 0.3) is 0 Å². The van der Waals surface area contributed by atoms with Gasteiger partial charge < -0.3 is 20.1 Å². The smallest absolute Gasteiger partial charge is 0.255 e. The lowest BCUT2D eigenvalue weighted by atomic mass is 10.1. The van der Waals surface area contributed by atoms with Gasteiger partial charge in [0.2, 0.25) is 0 Å². The van der Waals surface area contributed by atoms with Crippen molar-refractivity contribution in [3.05, 3.63) is 83.9 Å². The Bertz CT molecular complexity index is 889. The topological polar surface area (TPSA) is 59.6 Å². The molecule has 0 heterocycles. The maximum Gasteiger partial charge on any atom is 0.255 e. The van der Waals surface area contributed by atoms with Crippen molar-refractivity contribution in [2.75, 3.05) is 30.9 Å². The molecule has 3 aromatic rings. The van der Waals surface area contributed by atoms with Crippen molar-refractivity contribution in [2.24, 2.45) is 0 Å². The highest BCUT2D eigenvalue weighted by Gasteiger charge is 2.05. The van der Waals surface area contributed by atoms with Crippen LogP contribution in [-0.2, 0) is 0 Å². The molecule has 1 amide bonds. The van der Waals surface area contributed by atoms with E-state index in [1.54, 1.807) is 7.11 Å². The molecule has 5 nitrogen and oxygen atoms in total. The Morgan fingerprint density at radius 3 is 2.07 bits per heavy atom. The molecule has 0 saturated heterocycles. The molecule has 0 aliphatic carbocycles. The number of hydrogen-bond acceptors (Lipinski definition) is 4. The summed E-state index contributed by atoms with van der Waals surface area (Å²) in [5.41, 5.74) is 3.49. The highest BCUT2D eigenvalue weighted by molar-refractivity contribution is 6.04. The highest BCUT2D eigenvalue weighted by Crippen LogP contribution is 2.17. The summed E-state index contributed by atoms with van der Waals surface area (Å²) in [4.78, 5) is 12.2. The van der Waals surface area contributed by atoms with Gasteiger partial charge in [-0.1, -0.05) is 17.7 Å². The lowest BCUT2D eigenvalue weighted by Crippen LogP contribution is -2.13. The Balaban J connectivity index is 1.43. The van der Waals surface area contributed by atoms with Gasteiger partial charge in [0.15, 0.2) is 0 Å². The van der Waals surface area contributed by atoms with E-state index in [1.807, 2.05) is 79.7 Å². The Labute approximate surface area is 165 Å². The van der Waals surface area contributed by atoms with Crippen molar-refractivity contribution in [3.8, 4) is 11.5 Å². The molecule has 0 atom stereocenters. The molecule has 5 heteroatoms. The van der Waals surface area contributed by atoms with Gasteiger partial charge in [0.05, 0.1) is 7.11 Å². The van der Waals surface area contributed by atoms with Crippen LogP contribution in [0.4, 0.5) is 11.4 Å². The van der Waals surface area contributed by atoms with Crippen molar-refractivity contribution in [3.63, 3.8) is 0 Å². The lowest BCUT2D eigenvalue weighted by Gasteiger charge is -2.10. The summed E-state index contributed by atoms with van der Waals surface area (Å²) in [6.07, 6.45) is 0. The summed E-state index contributed by atoms with van der Waals surface area (Å²) in [6, 6.07) is 22.6. The van der Waals surface area contributed by atoms with E-state index in [0.717, 1.165) is 28.4 Å². The standard InChI is InChI=1S/C23H24N2O3/c1-17-3-5-18(6-4-17)23(26)25-20-9-7-19(8-10-20)24-15-16-28-22-13-11-21(27-2)12-14-22/h3-14,24H,15-16H2,1-2H3,(H,25,26). The second kappa shape index (κ2) is 9.46. The monoisotopic (exact) mass is 376 g/mol. The van der Waals surface area contributed by atoms with E-state index in [-0.39, 0.29) is 5.91 Å². The molecule has 28 heavy (non-hydrogen) atoms. The SMILES string of the molecule is COc1ccc(OCCNc2ccc(NC(=O)c3ccc(C)cc3)cc2)cc1. The number of benzene rings is 3. The molecule has 2 N–H and O–H groups in total. The van der Waals surface area contributed by atoms with Crippen molar-refractivity contribution >= 4 is 17.3 Å². The average Bonchev–Trinajstić information content (AvgIpc) is 2.73. The number of carbonyl (C=O) groups excluding carboxylic acids is 1. The minimum absolute atomic E-state index is 0.117. The first-order valence-electron chi connectivity index (χ1n) is 9.13. The number of nitrogens with one attached hydrogen (secondary N) is 2. The van der Waals surface area contributed by atoms with Gasteiger partial charge in [-0.3, -0.25) is 4.79 Å². The molecule has 0 spiro atoms. The van der Waals surface area contributed by atoms with Crippen LogP contribution in [0.15, 0.2) is 72.8 Å². The van der Waals surface area contributed by atoms with Crippen molar-refractivity contribution < 1.29 is 14.3 Å². The number of carbonyl (C=O) groups is 1. The van der Waals surface area contributed by atoms with Crippen LogP contribution in [-0.4, -0.2) is 26.2 Å². The van der Waals surface area contributed by atoms with E-state index in [9.17, 15) is 4.79 Å². The number of aryl methyl sites for hydroxylation is 1.